The lowest BCUT2D eigenvalue weighted by Crippen LogP contribution is -2.28. The minimum Gasteiger partial charge on any atom is -0.0683 e. The number of hydrogen-bond donors (Lipinski definition) is 0. The monoisotopic (exact) mass is 838 g/mol. The third kappa shape index (κ3) is 7.38. The van der Waals surface area contributed by atoms with Crippen LogP contribution in [0.2, 0.25) is 0 Å². The number of benzene rings is 10. The average Bonchev–Trinajstić information content (AvgIpc) is 3.80. The highest BCUT2D eigenvalue weighted by Gasteiger charge is 2.46. The Morgan fingerprint density at radius 2 is 0.738 bits per heavy atom. The van der Waals surface area contributed by atoms with Crippen LogP contribution in [0.15, 0.2) is 231 Å². The maximum absolute atomic E-state index is 2.44. The van der Waals surface area contributed by atoms with Crippen LogP contribution in [-0.4, -0.2) is 0 Å². The van der Waals surface area contributed by atoms with E-state index in [0.717, 1.165) is 0 Å². The smallest absolute Gasteiger partial charge is 0.0683 e. The predicted octanol–water partition coefficient (Wildman–Crippen LogP) is 18.1. The van der Waals surface area contributed by atoms with E-state index in [0.29, 0.717) is 0 Å². The van der Waals surface area contributed by atoms with Gasteiger partial charge in [-0.15, -0.1) is 0 Å². The largest absolute Gasteiger partial charge is 0.0713 e. The summed E-state index contributed by atoms with van der Waals surface area (Å²) in [5.74, 6) is 0. The quantitative estimate of drug-likeness (QED) is 0.166. The van der Waals surface area contributed by atoms with E-state index in [1.807, 2.05) is 13.8 Å². The molecule has 0 N–H and O–H groups in total. The van der Waals surface area contributed by atoms with Crippen molar-refractivity contribution in [1.29, 1.82) is 0 Å². The first-order valence-electron chi connectivity index (χ1n) is 23.5. The molecule has 10 aromatic carbocycles. The van der Waals surface area contributed by atoms with Crippen molar-refractivity contribution in [2.45, 2.75) is 58.8 Å². The average molecular weight is 839 g/mol. The van der Waals surface area contributed by atoms with E-state index in [4.69, 9.17) is 0 Å². The minimum absolute atomic E-state index is 0.0481. The van der Waals surface area contributed by atoms with Gasteiger partial charge in [0.05, 0.1) is 5.41 Å². The van der Waals surface area contributed by atoms with Crippen molar-refractivity contribution in [2.75, 3.05) is 0 Å². The molecule has 0 spiro atoms. The van der Waals surface area contributed by atoms with Crippen molar-refractivity contribution in [3.8, 4) is 44.5 Å². The van der Waals surface area contributed by atoms with E-state index in [9.17, 15) is 0 Å². The molecule has 2 aliphatic carbocycles. The molecular weight excluding hydrogens is 781 g/mol. The number of rotatable bonds is 4. The zero-order valence-electron chi connectivity index (χ0n) is 38.6. The summed E-state index contributed by atoms with van der Waals surface area (Å²) in [7, 11) is 0. The van der Waals surface area contributed by atoms with Crippen LogP contribution >= 0.6 is 0 Å². The molecule has 0 heterocycles. The van der Waals surface area contributed by atoms with Crippen molar-refractivity contribution in [1.82, 2.24) is 0 Å². The first-order valence-corrected chi connectivity index (χ1v) is 23.5. The fourth-order valence-corrected chi connectivity index (χ4v) is 10.5. The molecule has 2 aliphatic rings. The molecule has 0 nitrogen and oxygen atoms in total. The van der Waals surface area contributed by atoms with Gasteiger partial charge in [0, 0.05) is 5.41 Å². The zero-order chi connectivity index (χ0) is 45.0. The normalized spacial score (nSPS) is 13.1. The van der Waals surface area contributed by atoms with Gasteiger partial charge >= 0.3 is 0 Å². The van der Waals surface area contributed by atoms with Crippen LogP contribution in [0, 0.1) is 0 Å². The summed E-state index contributed by atoms with van der Waals surface area (Å²) in [6.45, 7) is 12.9. The Morgan fingerprint density at radius 3 is 1.37 bits per heavy atom. The van der Waals surface area contributed by atoms with Gasteiger partial charge in [-0.25, -0.2) is 0 Å². The fourth-order valence-electron chi connectivity index (χ4n) is 10.5. The van der Waals surface area contributed by atoms with Crippen LogP contribution in [0.1, 0.15) is 81.3 Å². The highest BCUT2D eigenvalue weighted by molar-refractivity contribution is 6.03. The molecule has 0 saturated heterocycles. The van der Waals surface area contributed by atoms with Gasteiger partial charge in [-0.2, -0.15) is 0 Å². The molecule has 0 aromatic heterocycles. The van der Waals surface area contributed by atoms with Crippen molar-refractivity contribution in [3.63, 3.8) is 0 Å². The molecular formula is C65H58. The Bertz CT molecular complexity index is 3190. The Balaban J connectivity index is 0.000000156. The van der Waals surface area contributed by atoms with Gasteiger partial charge in [0.1, 0.15) is 0 Å². The molecule has 65 heavy (non-hydrogen) atoms. The van der Waals surface area contributed by atoms with Crippen molar-refractivity contribution in [2.24, 2.45) is 0 Å². The van der Waals surface area contributed by atoms with Crippen LogP contribution < -0.4 is 0 Å². The van der Waals surface area contributed by atoms with Gasteiger partial charge in [-0.05, 0) is 105 Å². The van der Waals surface area contributed by atoms with Gasteiger partial charge in [-0.3, -0.25) is 0 Å². The predicted molar refractivity (Wildman–Crippen MR) is 281 cm³/mol. The zero-order valence-corrected chi connectivity index (χ0v) is 38.6. The van der Waals surface area contributed by atoms with E-state index in [1.54, 1.807) is 0 Å². The summed E-state index contributed by atoms with van der Waals surface area (Å²) in [4.78, 5) is 0. The van der Waals surface area contributed by atoms with E-state index in [-0.39, 0.29) is 10.8 Å². The summed E-state index contributed by atoms with van der Waals surface area (Å²) in [6.07, 6.45) is 1.25. The van der Waals surface area contributed by atoms with E-state index in [2.05, 4.69) is 258 Å². The molecule has 0 amide bonds. The fraction of sp³-hybridized carbons (Fsp3) is 0.138. The second kappa shape index (κ2) is 18.4. The second-order valence-electron chi connectivity index (χ2n) is 17.4. The Hall–Kier alpha value is -7.28. The summed E-state index contributed by atoms with van der Waals surface area (Å²) in [5, 5.41) is 5.17. The molecule has 0 radical (unpaired) electrons. The molecule has 0 fully saturated rings. The lowest BCUT2D eigenvalue weighted by Gasteiger charge is -2.34. The Morgan fingerprint density at radius 1 is 0.323 bits per heavy atom. The van der Waals surface area contributed by atoms with Gasteiger partial charge in [0.15, 0.2) is 0 Å². The van der Waals surface area contributed by atoms with Gasteiger partial charge in [0.2, 0.25) is 0 Å². The maximum atomic E-state index is 2.44. The highest BCUT2D eigenvalue weighted by atomic mass is 14.5. The standard InChI is InChI=1S/C35H24.C25H20.C3H8.C2H6/c1-3-14-27(15-4-1)35(28-16-5-2-6-17-28)33-21-10-9-19-31(33)32-23-22-26(24-34(32)35)30-20-11-13-25-12-7-8-18-29(25)30;1-25(2)22-15-6-5-12-21(22)24-20(14-8-16-23(24)25)19-13-7-10-17-9-3-4-11-18(17)19;1-3-2;1-2/h1-24H;3-16H,1-2H3;3H2,1-2H3;1-2H3. The molecule has 0 atom stereocenters. The molecule has 0 heteroatoms. The second-order valence-corrected chi connectivity index (χ2v) is 17.4. The lowest BCUT2D eigenvalue weighted by molar-refractivity contribution is 0.660. The van der Waals surface area contributed by atoms with Crippen molar-refractivity contribution < 1.29 is 0 Å². The van der Waals surface area contributed by atoms with Gasteiger partial charge < -0.3 is 0 Å². The van der Waals surface area contributed by atoms with Crippen molar-refractivity contribution >= 4 is 21.5 Å². The Labute approximate surface area is 386 Å². The molecule has 10 aromatic rings. The first kappa shape index (κ1) is 43.0. The van der Waals surface area contributed by atoms with Crippen LogP contribution in [-0.2, 0) is 10.8 Å². The van der Waals surface area contributed by atoms with Gasteiger partial charge in [0.25, 0.3) is 0 Å². The minimum atomic E-state index is -0.366. The van der Waals surface area contributed by atoms with Crippen LogP contribution in [0.25, 0.3) is 66.1 Å². The van der Waals surface area contributed by atoms with Gasteiger partial charge in [-0.1, -0.05) is 272 Å². The van der Waals surface area contributed by atoms with Crippen LogP contribution in [0.5, 0.6) is 0 Å². The van der Waals surface area contributed by atoms with E-state index >= 15 is 0 Å². The summed E-state index contributed by atoms with van der Waals surface area (Å²) >= 11 is 0. The summed E-state index contributed by atoms with van der Waals surface area (Å²) in [6, 6.07) is 84.2. The summed E-state index contributed by atoms with van der Waals surface area (Å²) in [5.41, 5.74) is 18.4. The summed E-state index contributed by atoms with van der Waals surface area (Å²) < 4.78 is 0. The SMILES string of the molecule is CC.CC1(C)c2ccccc2-c2c(-c3cccc4ccccc34)cccc21.CCC.c1ccc(C2(c3ccccc3)c3ccccc3-c3ccc(-c4cccc5ccccc45)cc32)cc1. The third-order valence-corrected chi connectivity index (χ3v) is 13.2. The molecule has 0 bridgehead atoms. The number of fused-ring (bicyclic) bond motifs is 8. The van der Waals surface area contributed by atoms with Crippen LogP contribution in [0.4, 0.5) is 0 Å². The number of hydrogen-bond acceptors (Lipinski definition) is 0. The highest BCUT2D eigenvalue weighted by Crippen LogP contribution is 2.57. The lowest BCUT2D eigenvalue weighted by atomic mass is 9.67. The molecule has 12 rings (SSSR count). The topological polar surface area (TPSA) is 0 Å². The molecule has 0 unspecified atom stereocenters. The van der Waals surface area contributed by atoms with E-state index < -0.39 is 0 Å². The van der Waals surface area contributed by atoms with E-state index in [1.165, 1.54) is 106 Å². The third-order valence-electron chi connectivity index (χ3n) is 13.2. The van der Waals surface area contributed by atoms with Crippen molar-refractivity contribution in [3.05, 3.63) is 264 Å². The molecule has 0 aliphatic heterocycles. The van der Waals surface area contributed by atoms with Crippen LogP contribution in [0.3, 0.4) is 0 Å². The maximum Gasteiger partial charge on any atom is 0.0713 e. The first-order chi connectivity index (χ1) is 32.0. The molecule has 0 saturated carbocycles. The Kier molecular flexibility index (Phi) is 12.2. The molecule has 318 valence electrons.